The van der Waals surface area contributed by atoms with E-state index < -0.39 is 97.5 Å². The number of carbonyl (C=O) groups is 4. The van der Waals surface area contributed by atoms with Gasteiger partial charge in [0.1, 0.15) is 19.3 Å². The van der Waals surface area contributed by atoms with Gasteiger partial charge in [0, 0.05) is 25.7 Å². The summed E-state index contributed by atoms with van der Waals surface area (Å²) >= 11 is 0. The van der Waals surface area contributed by atoms with Crippen LogP contribution in [0.1, 0.15) is 459 Å². The summed E-state index contributed by atoms with van der Waals surface area (Å²) in [5.74, 6) is 0.304. The summed E-state index contributed by atoms with van der Waals surface area (Å²) in [5, 5.41) is 10.7. The zero-order chi connectivity index (χ0) is 77.9. The molecule has 0 heterocycles. The second kappa shape index (κ2) is 77.0. The summed E-state index contributed by atoms with van der Waals surface area (Å²) in [7, 11) is -9.93. The van der Waals surface area contributed by atoms with E-state index in [1.807, 2.05) is 0 Å². The first kappa shape index (κ1) is 104. The van der Waals surface area contributed by atoms with E-state index in [9.17, 15) is 43.2 Å². The van der Waals surface area contributed by atoms with Crippen LogP contribution in [0.3, 0.4) is 0 Å². The second-order valence-electron chi connectivity index (χ2n) is 32.5. The highest BCUT2D eigenvalue weighted by Gasteiger charge is 2.31. The van der Waals surface area contributed by atoms with Gasteiger partial charge in [0.15, 0.2) is 12.2 Å². The molecule has 3 unspecified atom stereocenters. The van der Waals surface area contributed by atoms with E-state index in [4.69, 9.17) is 37.0 Å². The predicted octanol–water partition coefficient (Wildman–Crippen LogP) is 26.5. The van der Waals surface area contributed by atoms with Crippen molar-refractivity contribution >= 4 is 39.5 Å². The molecule has 0 aromatic rings. The van der Waals surface area contributed by atoms with E-state index in [1.165, 1.54) is 270 Å². The quantitative estimate of drug-likeness (QED) is 0.0222. The van der Waals surface area contributed by atoms with Crippen LogP contribution in [0.2, 0.25) is 0 Å². The predicted molar refractivity (Wildman–Crippen MR) is 437 cm³/mol. The van der Waals surface area contributed by atoms with Crippen molar-refractivity contribution in [1.29, 1.82) is 0 Å². The number of esters is 4. The van der Waals surface area contributed by atoms with Crippen LogP contribution in [-0.2, 0) is 65.4 Å². The first-order valence-electron chi connectivity index (χ1n) is 44.9. The zero-order valence-corrected chi connectivity index (χ0v) is 71.7. The number of aliphatic hydroxyl groups is 1. The Balaban J connectivity index is 5.25. The van der Waals surface area contributed by atoms with Gasteiger partial charge in [-0.2, -0.15) is 0 Å². The Labute approximate surface area is 651 Å². The minimum Gasteiger partial charge on any atom is -0.462 e. The number of phosphoric acid groups is 2. The van der Waals surface area contributed by atoms with Gasteiger partial charge in [-0.05, 0) is 43.4 Å². The molecule has 0 saturated heterocycles. The lowest BCUT2D eigenvalue weighted by Crippen LogP contribution is -2.30. The molecule has 0 amide bonds. The fourth-order valence-corrected chi connectivity index (χ4v) is 15.1. The average Bonchev–Trinajstić information content (AvgIpc) is 0.898. The van der Waals surface area contributed by atoms with Crippen LogP contribution in [0, 0.1) is 17.8 Å². The third-order valence-electron chi connectivity index (χ3n) is 20.7. The molecule has 19 heteroatoms. The van der Waals surface area contributed by atoms with Gasteiger partial charge in [-0.25, -0.2) is 9.13 Å². The first-order chi connectivity index (χ1) is 51.3. The highest BCUT2D eigenvalue weighted by atomic mass is 31.2. The van der Waals surface area contributed by atoms with Crippen molar-refractivity contribution in [1.82, 2.24) is 0 Å². The molecule has 106 heavy (non-hydrogen) atoms. The number of aliphatic hydroxyl groups excluding tert-OH is 1. The van der Waals surface area contributed by atoms with E-state index in [1.54, 1.807) is 0 Å². The van der Waals surface area contributed by atoms with Gasteiger partial charge >= 0.3 is 39.5 Å². The van der Waals surface area contributed by atoms with Gasteiger partial charge < -0.3 is 33.8 Å². The van der Waals surface area contributed by atoms with Crippen LogP contribution in [0.5, 0.6) is 0 Å². The van der Waals surface area contributed by atoms with Gasteiger partial charge in [-0.15, -0.1) is 0 Å². The average molecular weight is 1550 g/mol. The topological polar surface area (TPSA) is 237 Å². The van der Waals surface area contributed by atoms with Crippen LogP contribution in [0.15, 0.2) is 0 Å². The van der Waals surface area contributed by atoms with Crippen molar-refractivity contribution in [2.24, 2.45) is 17.8 Å². The lowest BCUT2D eigenvalue weighted by Gasteiger charge is -2.21. The summed E-state index contributed by atoms with van der Waals surface area (Å²) < 4.78 is 68.9. The maximum Gasteiger partial charge on any atom is 0.472 e. The molecule has 0 saturated carbocycles. The second-order valence-corrected chi connectivity index (χ2v) is 35.4. The molecule has 0 aliphatic rings. The van der Waals surface area contributed by atoms with Gasteiger partial charge in [-0.3, -0.25) is 37.3 Å². The molecule has 17 nitrogen and oxygen atoms in total. The Morgan fingerprint density at radius 3 is 0.717 bits per heavy atom. The fourth-order valence-electron chi connectivity index (χ4n) is 13.5. The fraction of sp³-hybridized carbons (Fsp3) is 0.954. The summed E-state index contributed by atoms with van der Waals surface area (Å²) in [5.41, 5.74) is 0. The molecule has 0 aromatic carbocycles. The molecule has 0 fully saturated rings. The maximum absolute atomic E-state index is 13.2. The third kappa shape index (κ3) is 78.7. The minimum absolute atomic E-state index is 0.108. The number of ether oxygens (including phenoxy) is 4. The van der Waals surface area contributed by atoms with Crippen molar-refractivity contribution in [3.8, 4) is 0 Å². The molecule has 0 rings (SSSR count). The molecular formula is C87H170O17P2. The molecule has 6 atom stereocenters. The third-order valence-corrected chi connectivity index (χ3v) is 22.6. The molecule has 0 radical (unpaired) electrons. The number of hydrogen-bond acceptors (Lipinski definition) is 15. The molecule has 630 valence electrons. The Morgan fingerprint density at radius 2 is 0.481 bits per heavy atom. The SMILES string of the molecule is CCCCCCCCCCCCCCCCCCC(=O)O[C@H](COC(=O)CCCCCCCCCCCC(C)C)COP(=O)(O)OC[C@H](O)COP(=O)(O)OC[C@@H](COC(=O)CCCCCCCCCCCCCCCC(C)C)OC(=O)CCCCCCCCCCCCCCCCCCCCC(C)CC. The largest absolute Gasteiger partial charge is 0.472 e. The monoisotopic (exact) mass is 1550 g/mol. The Bertz CT molecular complexity index is 2050. The number of hydrogen-bond donors (Lipinski definition) is 3. The zero-order valence-electron chi connectivity index (χ0n) is 69.9. The number of phosphoric ester groups is 2. The first-order valence-corrected chi connectivity index (χ1v) is 47.9. The van der Waals surface area contributed by atoms with E-state index >= 15 is 0 Å². The lowest BCUT2D eigenvalue weighted by atomic mass is 9.99. The highest BCUT2D eigenvalue weighted by Crippen LogP contribution is 2.45. The van der Waals surface area contributed by atoms with Crippen LogP contribution < -0.4 is 0 Å². The summed E-state index contributed by atoms with van der Waals surface area (Å²) in [6, 6.07) is 0. The summed E-state index contributed by atoms with van der Waals surface area (Å²) in [6.45, 7) is 12.1. The molecular weight excluding hydrogens is 1380 g/mol. The number of rotatable bonds is 85. The molecule has 0 aromatic heterocycles. The van der Waals surface area contributed by atoms with Crippen LogP contribution >= 0.6 is 15.6 Å². The van der Waals surface area contributed by atoms with Gasteiger partial charge in [0.2, 0.25) is 0 Å². The lowest BCUT2D eigenvalue weighted by molar-refractivity contribution is -0.161. The van der Waals surface area contributed by atoms with Crippen LogP contribution in [-0.4, -0.2) is 96.7 Å². The number of carbonyl (C=O) groups excluding carboxylic acids is 4. The van der Waals surface area contributed by atoms with Crippen LogP contribution in [0.4, 0.5) is 0 Å². The Hall–Kier alpha value is -1.94. The summed E-state index contributed by atoms with van der Waals surface area (Å²) in [4.78, 5) is 73.3. The van der Waals surface area contributed by atoms with Crippen molar-refractivity contribution in [3.63, 3.8) is 0 Å². The number of unbranched alkanes of at least 4 members (excludes halogenated alkanes) is 52. The van der Waals surface area contributed by atoms with Crippen LogP contribution in [0.25, 0.3) is 0 Å². The van der Waals surface area contributed by atoms with E-state index in [2.05, 4.69) is 48.5 Å². The van der Waals surface area contributed by atoms with E-state index in [0.29, 0.717) is 25.7 Å². The molecule has 0 aliphatic heterocycles. The molecule has 0 aliphatic carbocycles. The normalized spacial score (nSPS) is 14.1. The van der Waals surface area contributed by atoms with Gasteiger partial charge in [-0.1, -0.05) is 408 Å². The maximum atomic E-state index is 13.2. The smallest absolute Gasteiger partial charge is 0.462 e. The van der Waals surface area contributed by atoms with Gasteiger partial charge in [0.25, 0.3) is 0 Å². The van der Waals surface area contributed by atoms with E-state index in [-0.39, 0.29) is 25.7 Å². The molecule has 3 N–H and O–H groups in total. The molecule has 0 bridgehead atoms. The van der Waals surface area contributed by atoms with Crippen molar-refractivity contribution in [2.75, 3.05) is 39.6 Å². The van der Waals surface area contributed by atoms with E-state index in [0.717, 1.165) is 108 Å². The summed E-state index contributed by atoms with van der Waals surface area (Å²) in [6.07, 6.45) is 67.9. The van der Waals surface area contributed by atoms with Crippen molar-refractivity contribution < 1.29 is 80.2 Å². The van der Waals surface area contributed by atoms with Gasteiger partial charge in [0.05, 0.1) is 26.4 Å². The minimum atomic E-state index is -4.97. The standard InChI is InChI=1S/C87H170O17P2/c1-8-10-11-12-13-14-15-16-17-23-28-34-41-49-56-63-70-87(92)104-83(75-98-85(90)69-62-55-48-43-36-38-45-52-59-66-79(5)6)77-102-106(95,96)100-73-81(88)72-99-105(93,94)101-76-82(74-97-84(89)68-61-54-47-40-33-30-25-26-31-37-44-51-58-65-78(3)4)103-86(91)71-64-57-50-42-35-29-24-21-19-18-20-22-27-32-39-46-53-60-67-80(7)9-2/h78-83,88H,8-77H2,1-7H3,(H,93,94)(H,95,96)/t80?,81-,82-,83-/m1/s1. The highest BCUT2D eigenvalue weighted by molar-refractivity contribution is 7.47. The van der Waals surface area contributed by atoms with Crippen molar-refractivity contribution in [3.05, 3.63) is 0 Å². The molecule has 0 spiro atoms. The Kier molecular flexibility index (Phi) is 75.6. The Morgan fingerprint density at radius 1 is 0.274 bits per heavy atom. The van der Waals surface area contributed by atoms with Crippen molar-refractivity contribution in [2.45, 2.75) is 478 Å².